The molecule has 13 heavy (non-hydrogen) atoms. The number of rotatable bonds is 6. The van der Waals surface area contributed by atoms with Crippen molar-refractivity contribution in [3.8, 4) is 12.3 Å². The highest BCUT2D eigenvalue weighted by molar-refractivity contribution is 7.86. The Kier molecular flexibility index (Phi) is 5.58. The Hall–Kier alpha value is -0.670. The van der Waals surface area contributed by atoms with Crippen molar-refractivity contribution < 1.29 is 16.7 Å². The summed E-state index contributed by atoms with van der Waals surface area (Å²) in [6, 6.07) is 0. The lowest BCUT2D eigenvalue weighted by Crippen LogP contribution is -2.30. The first-order valence-electron chi connectivity index (χ1n) is 3.63. The quantitative estimate of drug-likeness (QED) is 0.465. The van der Waals surface area contributed by atoms with Crippen LogP contribution in [0.5, 0.6) is 0 Å². The van der Waals surface area contributed by atoms with E-state index in [1.54, 1.807) is 0 Å². The molecule has 0 amide bonds. The maximum atomic E-state index is 12.0. The second-order valence-corrected chi connectivity index (χ2v) is 3.90. The highest BCUT2D eigenvalue weighted by Gasteiger charge is 2.10. The molecule has 0 aliphatic rings. The summed E-state index contributed by atoms with van der Waals surface area (Å²) in [7, 11) is -4.49. The molecule has 0 radical (unpaired) electrons. The van der Waals surface area contributed by atoms with E-state index in [2.05, 4.69) is 5.92 Å². The Morgan fingerprint density at radius 1 is 1.38 bits per heavy atom. The first-order valence-corrected chi connectivity index (χ1v) is 5.19. The van der Waals surface area contributed by atoms with Crippen LogP contribution in [-0.2, 0) is 10.2 Å². The summed E-state index contributed by atoms with van der Waals surface area (Å²) in [6.07, 6.45) is 4.94. The van der Waals surface area contributed by atoms with Crippen LogP contribution in [0.1, 0.15) is 0 Å². The summed E-state index contributed by atoms with van der Waals surface area (Å²) in [5, 5.41) is 0. The molecular weight excluding hydrogens is 200 g/mol. The minimum absolute atomic E-state index is 0.0275. The Morgan fingerprint density at radius 2 is 2.00 bits per heavy atom. The van der Waals surface area contributed by atoms with E-state index in [9.17, 15) is 16.7 Å². The number of terminal acetylenes is 1. The van der Waals surface area contributed by atoms with E-state index in [0.29, 0.717) is 0 Å². The molecule has 0 aromatic heterocycles. The fraction of sp³-hybridized carbons (Fsp3) is 0.714. The fourth-order valence-corrected chi connectivity index (χ4v) is 1.23. The van der Waals surface area contributed by atoms with E-state index < -0.39 is 22.7 Å². The van der Waals surface area contributed by atoms with Gasteiger partial charge in [0, 0.05) is 13.1 Å². The van der Waals surface area contributed by atoms with Gasteiger partial charge in [0.25, 0.3) is 0 Å². The lowest BCUT2D eigenvalue weighted by atomic mass is 10.5. The summed E-state index contributed by atoms with van der Waals surface area (Å²) < 4.78 is 44.1. The molecule has 0 unspecified atom stereocenters. The van der Waals surface area contributed by atoms with E-state index in [1.807, 2.05) is 0 Å². The second kappa shape index (κ2) is 5.89. The van der Waals surface area contributed by atoms with Crippen molar-refractivity contribution in [3.63, 3.8) is 0 Å². The maximum absolute atomic E-state index is 12.0. The molecule has 0 aromatic rings. The van der Waals surface area contributed by atoms with Crippen LogP contribution in [0.15, 0.2) is 0 Å². The minimum Gasteiger partial charge on any atom is -0.289 e. The Balaban J connectivity index is 3.90. The van der Waals surface area contributed by atoms with Gasteiger partial charge in [-0.05, 0) is 0 Å². The number of nitrogens with zero attached hydrogens (tertiary/aromatic N) is 1. The monoisotopic (exact) mass is 211 g/mol. The van der Waals surface area contributed by atoms with E-state index in [4.69, 9.17) is 6.42 Å². The first kappa shape index (κ1) is 12.3. The highest BCUT2D eigenvalue weighted by Crippen LogP contribution is 1.94. The number of halogens is 2. The Bertz CT molecular complexity index is 271. The highest BCUT2D eigenvalue weighted by atomic mass is 32.3. The fourth-order valence-electron chi connectivity index (χ4n) is 0.757. The zero-order chi connectivity index (χ0) is 10.3. The van der Waals surface area contributed by atoms with Crippen molar-refractivity contribution in [2.45, 2.75) is 0 Å². The predicted octanol–water partition coefficient (Wildman–Crippen LogP) is 0.190. The summed E-state index contributed by atoms with van der Waals surface area (Å²) in [5.41, 5.74) is 0. The van der Waals surface area contributed by atoms with Crippen LogP contribution < -0.4 is 0 Å². The molecular formula is C7H11F2NO2S. The van der Waals surface area contributed by atoms with E-state index in [1.165, 1.54) is 4.90 Å². The van der Waals surface area contributed by atoms with Gasteiger partial charge in [0.1, 0.15) is 6.67 Å². The average molecular weight is 211 g/mol. The summed E-state index contributed by atoms with van der Waals surface area (Å²) >= 11 is 0. The standard InChI is InChI=1S/C7H11F2NO2S/c1-2-4-10(5-3-8)6-7-13(9,11)12/h1H,3-7H2. The third-order valence-corrected chi connectivity index (χ3v) is 2.04. The largest absolute Gasteiger partial charge is 0.303 e. The molecule has 3 nitrogen and oxygen atoms in total. The van der Waals surface area contributed by atoms with Crippen molar-refractivity contribution in [1.82, 2.24) is 4.90 Å². The Morgan fingerprint density at radius 3 is 2.38 bits per heavy atom. The third-order valence-electron chi connectivity index (χ3n) is 1.37. The lowest BCUT2D eigenvalue weighted by Gasteiger charge is -2.15. The van der Waals surface area contributed by atoms with Crippen LogP contribution in [0.4, 0.5) is 8.28 Å². The molecule has 0 saturated carbocycles. The molecule has 0 saturated heterocycles. The molecule has 0 heterocycles. The maximum Gasteiger partial charge on any atom is 0.303 e. The van der Waals surface area contributed by atoms with Gasteiger partial charge < -0.3 is 0 Å². The van der Waals surface area contributed by atoms with E-state index in [0.717, 1.165) is 0 Å². The Labute approximate surface area is 76.9 Å². The van der Waals surface area contributed by atoms with Crippen molar-refractivity contribution in [2.75, 3.05) is 32.1 Å². The molecule has 0 atom stereocenters. The molecule has 0 spiro atoms. The molecule has 0 rings (SSSR count). The number of alkyl halides is 1. The first-order chi connectivity index (χ1) is 5.99. The summed E-state index contributed by atoms with van der Waals surface area (Å²) in [4.78, 5) is 1.36. The van der Waals surface area contributed by atoms with Crippen LogP contribution in [0.25, 0.3) is 0 Å². The van der Waals surface area contributed by atoms with Gasteiger partial charge in [0.15, 0.2) is 0 Å². The zero-order valence-electron chi connectivity index (χ0n) is 7.04. The van der Waals surface area contributed by atoms with Crippen LogP contribution in [0.3, 0.4) is 0 Å². The molecule has 0 aliphatic carbocycles. The SMILES string of the molecule is C#CCN(CCF)CCS(=O)(=O)F. The van der Waals surface area contributed by atoms with E-state index >= 15 is 0 Å². The van der Waals surface area contributed by atoms with Gasteiger partial charge in [-0.25, -0.2) is 4.39 Å². The molecule has 6 heteroatoms. The van der Waals surface area contributed by atoms with Crippen molar-refractivity contribution in [3.05, 3.63) is 0 Å². The normalized spacial score (nSPS) is 11.5. The van der Waals surface area contributed by atoms with Gasteiger partial charge >= 0.3 is 10.2 Å². The van der Waals surface area contributed by atoms with Gasteiger partial charge in [0.05, 0.1) is 12.3 Å². The average Bonchev–Trinajstić information content (AvgIpc) is 2.00. The van der Waals surface area contributed by atoms with Crippen molar-refractivity contribution in [2.24, 2.45) is 0 Å². The van der Waals surface area contributed by atoms with Crippen LogP contribution >= 0.6 is 0 Å². The van der Waals surface area contributed by atoms with Gasteiger partial charge in [0.2, 0.25) is 0 Å². The summed E-state index contributed by atoms with van der Waals surface area (Å²) in [6.45, 7) is -0.555. The molecule has 0 aromatic carbocycles. The van der Waals surface area contributed by atoms with Crippen molar-refractivity contribution >= 4 is 10.2 Å². The molecule has 0 aliphatic heterocycles. The third kappa shape index (κ3) is 7.68. The topological polar surface area (TPSA) is 37.4 Å². The predicted molar refractivity (Wildman–Crippen MR) is 46.1 cm³/mol. The smallest absolute Gasteiger partial charge is 0.289 e. The minimum atomic E-state index is -4.49. The lowest BCUT2D eigenvalue weighted by molar-refractivity contribution is 0.286. The molecule has 0 fully saturated rings. The van der Waals surface area contributed by atoms with Crippen LogP contribution in [0, 0.1) is 12.3 Å². The second-order valence-electron chi connectivity index (χ2n) is 2.41. The number of hydrogen-bond acceptors (Lipinski definition) is 3. The van der Waals surface area contributed by atoms with Crippen LogP contribution in [0.2, 0.25) is 0 Å². The number of hydrogen-bond donors (Lipinski definition) is 0. The van der Waals surface area contributed by atoms with Gasteiger partial charge in [-0.1, -0.05) is 5.92 Å². The molecule has 0 N–H and O–H groups in total. The van der Waals surface area contributed by atoms with Crippen molar-refractivity contribution in [1.29, 1.82) is 0 Å². The molecule has 76 valence electrons. The van der Waals surface area contributed by atoms with E-state index in [-0.39, 0.29) is 19.6 Å². The van der Waals surface area contributed by atoms with Gasteiger partial charge in [-0.2, -0.15) is 8.42 Å². The van der Waals surface area contributed by atoms with Gasteiger partial charge in [-0.15, -0.1) is 10.3 Å². The molecule has 0 bridgehead atoms. The van der Waals surface area contributed by atoms with Crippen LogP contribution in [-0.4, -0.2) is 45.4 Å². The zero-order valence-corrected chi connectivity index (χ0v) is 7.86. The van der Waals surface area contributed by atoms with Gasteiger partial charge in [-0.3, -0.25) is 4.90 Å². The summed E-state index contributed by atoms with van der Waals surface area (Å²) in [5.74, 6) is 1.59.